The fourth-order valence-electron chi connectivity index (χ4n) is 7.51. The minimum Gasteiger partial charge on any atom is -0.480 e. The number of hydrogen-bond donors (Lipinski definition) is 14. The number of aliphatic carboxylic acids is 1. The molecule has 25 heteroatoms. The number of nitrogens with zero attached hydrogens (tertiary/aromatic N) is 1. The molecule has 0 spiro atoms. The average Bonchev–Trinajstić information content (AvgIpc) is 4.04. The van der Waals surface area contributed by atoms with E-state index in [1.807, 2.05) is 0 Å². The molecule has 2 aliphatic heterocycles. The molecule has 382 valence electrons. The van der Waals surface area contributed by atoms with Crippen LogP contribution in [0.5, 0.6) is 0 Å². The van der Waals surface area contributed by atoms with E-state index in [0.29, 0.717) is 24.9 Å². The third-order valence-electron chi connectivity index (χ3n) is 11.5. The molecule has 9 amide bonds. The van der Waals surface area contributed by atoms with Crippen molar-refractivity contribution in [2.24, 2.45) is 11.7 Å². The number of benzene rings is 1. The van der Waals surface area contributed by atoms with Gasteiger partial charge in [0, 0.05) is 19.5 Å². The Morgan fingerprint density at radius 1 is 0.725 bits per heavy atom. The third-order valence-corrected chi connectivity index (χ3v) is 11.5. The topological polar surface area (TPSA) is 385 Å². The molecule has 1 aromatic rings. The number of hydrogen-bond acceptors (Lipinski definition) is 13. The SMILES string of the molecule is CC(C)[C@H](NC(=O)[C@@H]1CCCN1C(=O)[C@H](CCCNC(=N)N)NC(=O)[C@H](C)NC(=O)[C@H](CO)NC(=O)CNC(=O)[C@H](C)NC(=O)[C@@H]1CCCN1)C(=O)N[C@@H](C)C(=O)N[C@@H](Cc1ccccc1)C(=O)O. The second-order valence-corrected chi connectivity index (χ2v) is 17.4. The van der Waals surface area contributed by atoms with Gasteiger partial charge < -0.3 is 74.0 Å². The summed E-state index contributed by atoms with van der Waals surface area (Å²) < 4.78 is 0. The summed E-state index contributed by atoms with van der Waals surface area (Å²) in [7, 11) is 0. The van der Waals surface area contributed by atoms with Crippen LogP contribution in [0.2, 0.25) is 0 Å². The molecule has 2 heterocycles. The Morgan fingerprint density at radius 3 is 1.93 bits per heavy atom. The molecule has 3 rings (SSSR count). The summed E-state index contributed by atoms with van der Waals surface area (Å²) in [4.78, 5) is 132. The standard InChI is InChI=1S/C44H69N13O12/c1-23(2)34(41(66)52-26(5)37(62)55-30(43(68)69)20-27-12-7-6-8-13-27)56-40(65)32-16-11-19-57(32)42(67)29(15-10-18-48-44(45)46)54-36(61)25(4)51-39(64)31(22-58)53-33(59)21-49-35(60)24(3)50-38(63)28-14-9-17-47-28/h6-8,12-13,23-26,28-32,34,47,58H,9-11,14-22H2,1-5H3,(H,49,60)(H,50,63)(H,51,64)(H,52,66)(H,53,59)(H,54,61)(H,55,62)(H,56,65)(H,68,69)(H4,45,46,48)/t24-,25-,26-,28-,29-,30-,31-,32-,34-/m0/s1. The number of rotatable bonds is 26. The van der Waals surface area contributed by atoms with E-state index in [-0.39, 0.29) is 50.6 Å². The molecule has 0 aliphatic carbocycles. The van der Waals surface area contributed by atoms with Gasteiger partial charge in [-0.25, -0.2) is 4.79 Å². The molecule has 9 atom stereocenters. The molecule has 1 aromatic carbocycles. The van der Waals surface area contributed by atoms with Gasteiger partial charge in [-0.05, 0) is 77.3 Å². The average molecular weight is 972 g/mol. The Kier molecular flexibility index (Phi) is 22.7. The minimum atomic E-state index is -1.56. The number of likely N-dealkylation sites (tertiary alicyclic amines) is 1. The number of amides is 9. The number of aliphatic hydroxyl groups is 1. The van der Waals surface area contributed by atoms with E-state index in [2.05, 4.69) is 53.2 Å². The van der Waals surface area contributed by atoms with E-state index >= 15 is 0 Å². The van der Waals surface area contributed by atoms with Gasteiger partial charge in [-0.3, -0.25) is 48.6 Å². The predicted molar refractivity (Wildman–Crippen MR) is 248 cm³/mol. The van der Waals surface area contributed by atoms with E-state index in [1.54, 1.807) is 44.2 Å². The number of carboxylic acid groups (broad SMARTS) is 1. The smallest absolute Gasteiger partial charge is 0.326 e. The van der Waals surface area contributed by atoms with Crippen LogP contribution in [-0.4, -0.2) is 167 Å². The van der Waals surface area contributed by atoms with Crippen molar-refractivity contribution in [3.8, 4) is 0 Å². The second kappa shape index (κ2) is 27.8. The summed E-state index contributed by atoms with van der Waals surface area (Å²) in [5.41, 5.74) is 6.08. The number of carbonyl (C=O) groups is 10. The van der Waals surface area contributed by atoms with Crippen LogP contribution in [0.25, 0.3) is 0 Å². The van der Waals surface area contributed by atoms with Crippen molar-refractivity contribution in [2.75, 3.05) is 32.8 Å². The van der Waals surface area contributed by atoms with Gasteiger partial charge in [0.2, 0.25) is 53.2 Å². The minimum absolute atomic E-state index is 0.000538. The number of carboxylic acids is 1. The lowest BCUT2D eigenvalue weighted by Crippen LogP contribution is -2.60. The highest BCUT2D eigenvalue weighted by Crippen LogP contribution is 2.21. The predicted octanol–water partition coefficient (Wildman–Crippen LogP) is -4.46. The highest BCUT2D eigenvalue weighted by Gasteiger charge is 2.40. The normalized spacial score (nSPS) is 18.4. The first-order valence-electron chi connectivity index (χ1n) is 23.0. The first-order valence-corrected chi connectivity index (χ1v) is 23.0. The molecule has 25 nitrogen and oxygen atoms in total. The van der Waals surface area contributed by atoms with Gasteiger partial charge in [0.1, 0.15) is 48.3 Å². The Labute approximate surface area is 400 Å². The van der Waals surface area contributed by atoms with Gasteiger partial charge in [-0.1, -0.05) is 44.2 Å². The van der Waals surface area contributed by atoms with Crippen LogP contribution in [0.3, 0.4) is 0 Å². The van der Waals surface area contributed by atoms with Gasteiger partial charge in [0.05, 0.1) is 19.2 Å². The van der Waals surface area contributed by atoms with E-state index in [9.17, 15) is 58.2 Å². The van der Waals surface area contributed by atoms with Gasteiger partial charge in [0.25, 0.3) is 0 Å². The summed E-state index contributed by atoms with van der Waals surface area (Å²) >= 11 is 0. The molecule has 2 saturated heterocycles. The zero-order chi connectivity index (χ0) is 51.4. The van der Waals surface area contributed by atoms with E-state index in [4.69, 9.17) is 11.1 Å². The lowest BCUT2D eigenvalue weighted by Gasteiger charge is -2.31. The maximum atomic E-state index is 14.2. The molecule has 2 fully saturated rings. The molecule has 0 bridgehead atoms. The van der Waals surface area contributed by atoms with Crippen LogP contribution < -0.4 is 58.9 Å². The molecule has 0 radical (unpaired) electrons. The lowest BCUT2D eigenvalue weighted by molar-refractivity contribution is -0.143. The number of guanidine groups is 1. The number of carbonyl (C=O) groups excluding carboxylic acids is 9. The largest absolute Gasteiger partial charge is 0.480 e. The van der Waals surface area contributed by atoms with Crippen molar-refractivity contribution in [3.63, 3.8) is 0 Å². The highest BCUT2D eigenvalue weighted by atomic mass is 16.4. The lowest BCUT2D eigenvalue weighted by atomic mass is 10.0. The molecule has 0 unspecified atom stereocenters. The van der Waals surface area contributed by atoms with Crippen LogP contribution in [0.4, 0.5) is 0 Å². The maximum Gasteiger partial charge on any atom is 0.326 e. The molecular weight excluding hydrogens is 903 g/mol. The summed E-state index contributed by atoms with van der Waals surface area (Å²) in [5, 5.41) is 52.5. The van der Waals surface area contributed by atoms with Crippen molar-refractivity contribution in [3.05, 3.63) is 35.9 Å². The Balaban J connectivity index is 1.61. The van der Waals surface area contributed by atoms with E-state index in [0.717, 1.165) is 6.42 Å². The van der Waals surface area contributed by atoms with Gasteiger partial charge >= 0.3 is 5.97 Å². The zero-order valence-corrected chi connectivity index (χ0v) is 39.6. The fraction of sp³-hybridized carbons (Fsp3) is 0.614. The second-order valence-electron chi connectivity index (χ2n) is 17.4. The van der Waals surface area contributed by atoms with Gasteiger partial charge in [-0.2, -0.15) is 0 Å². The Bertz CT molecular complexity index is 2000. The van der Waals surface area contributed by atoms with Crippen molar-refractivity contribution in [1.82, 2.24) is 58.1 Å². The van der Waals surface area contributed by atoms with Crippen LogP contribution in [0.15, 0.2) is 30.3 Å². The van der Waals surface area contributed by atoms with Crippen molar-refractivity contribution >= 4 is 65.1 Å². The molecule has 0 saturated carbocycles. The Hall–Kier alpha value is -6.89. The first-order chi connectivity index (χ1) is 32.6. The summed E-state index contributed by atoms with van der Waals surface area (Å²) in [6.45, 7) is 6.85. The summed E-state index contributed by atoms with van der Waals surface area (Å²) in [5.74, 6) is -8.64. The summed E-state index contributed by atoms with van der Waals surface area (Å²) in [6.07, 6.45) is 2.23. The Morgan fingerprint density at radius 2 is 1.35 bits per heavy atom. The van der Waals surface area contributed by atoms with Crippen LogP contribution in [-0.2, 0) is 54.4 Å². The number of nitrogens with two attached hydrogens (primary N) is 1. The van der Waals surface area contributed by atoms with Gasteiger partial charge in [-0.15, -0.1) is 0 Å². The maximum absolute atomic E-state index is 14.2. The highest BCUT2D eigenvalue weighted by molar-refractivity contribution is 5.98. The monoisotopic (exact) mass is 972 g/mol. The molecule has 0 aromatic heterocycles. The van der Waals surface area contributed by atoms with Gasteiger partial charge in [0.15, 0.2) is 5.96 Å². The van der Waals surface area contributed by atoms with Crippen molar-refractivity contribution < 1.29 is 58.2 Å². The van der Waals surface area contributed by atoms with Crippen molar-refractivity contribution in [1.29, 1.82) is 5.41 Å². The molecule has 15 N–H and O–H groups in total. The molecule has 2 aliphatic rings. The number of nitrogens with one attached hydrogen (secondary N) is 11. The molecule has 69 heavy (non-hydrogen) atoms. The van der Waals surface area contributed by atoms with Crippen LogP contribution >= 0.6 is 0 Å². The van der Waals surface area contributed by atoms with Crippen molar-refractivity contribution in [2.45, 2.75) is 134 Å². The summed E-state index contributed by atoms with van der Waals surface area (Å²) in [6, 6.07) is -1.63. The quantitative estimate of drug-likeness (QED) is 0.0237. The van der Waals surface area contributed by atoms with E-state index in [1.165, 1.54) is 25.7 Å². The van der Waals surface area contributed by atoms with E-state index < -0.39 is 127 Å². The van der Waals surface area contributed by atoms with Crippen LogP contribution in [0.1, 0.15) is 78.7 Å². The first kappa shape index (κ1) is 56.4. The fourth-order valence-corrected chi connectivity index (χ4v) is 7.51. The number of aliphatic hydroxyl groups excluding tert-OH is 1. The van der Waals surface area contributed by atoms with Crippen LogP contribution in [0, 0.1) is 11.3 Å². The zero-order valence-electron chi connectivity index (χ0n) is 39.6. The third kappa shape index (κ3) is 18.3. The molecular formula is C44H69N13O12.